The summed E-state index contributed by atoms with van der Waals surface area (Å²) in [5.41, 5.74) is 0. The quantitative estimate of drug-likeness (QED) is 0.514. The molecule has 7 heavy (non-hydrogen) atoms. The van der Waals surface area contributed by atoms with Crippen LogP contribution in [0, 0.1) is 0 Å². The molecule has 0 amide bonds. The summed E-state index contributed by atoms with van der Waals surface area (Å²) in [5, 5.41) is 0.135. The van der Waals surface area contributed by atoms with Gasteiger partial charge in [-0.15, -0.1) is 0 Å². The zero-order valence-corrected chi connectivity index (χ0v) is 4.24. The van der Waals surface area contributed by atoms with Gasteiger partial charge < -0.3 is 5.31 Å². The summed E-state index contributed by atoms with van der Waals surface area (Å²) in [6.45, 7) is -2.53. The molecule has 0 aromatic heterocycles. The van der Waals surface area contributed by atoms with Crippen molar-refractivity contribution in [2.24, 2.45) is 0 Å². The summed E-state index contributed by atoms with van der Waals surface area (Å²) in [7, 11) is 0. The number of hydrogen-bond acceptors (Lipinski definition) is 1. The Labute approximate surface area is 56.8 Å². The third kappa shape index (κ3) is 1.39. The fraction of sp³-hybridized carbons (Fsp3) is 0.600. The first-order valence-corrected chi connectivity index (χ1v) is 2.16. The molecule has 1 atom stereocenters. The van der Waals surface area contributed by atoms with Crippen molar-refractivity contribution in [3.8, 4) is 0 Å². The summed E-state index contributed by atoms with van der Waals surface area (Å²) >= 11 is 5.48. The number of halogens is 1. The summed E-state index contributed by atoms with van der Waals surface area (Å²) < 4.78 is 43.6. The van der Waals surface area contributed by atoms with E-state index < -0.39 is 19.3 Å². The molecule has 1 N–H and O–H groups in total. The first-order chi connectivity index (χ1) is 5.71. The lowest BCUT2D eigenvalue weighted by Gasteiger charge is -2.06. The Kier molecular flexibility index (Phi) is 0.447. The fourth-order valence-corrected chi connectivity index (χ4v) is 0.373. The van der Waals surface area contributed by atoms with Gasteiger partial charge in [-0.2, -0.15) is 0 Å². The highest BCUT2D eigenvalue weighted by atomic mass is 35.5. The van der Waals surface area contributed by atoms with Crippen LogP contribution in [0.15, 0.2) is 11.2 Å². The Hall–Kier alpha value is -0.170. The zero-order valence-electron chi connectivity index (χ0n) is 9.48. The minimum Gasteiger partial charge on any atom is -0.390 e. The third-order valence-corrected chi connectivity index (χ3v) is 0.734. The summed E-state index contributed by atoms with van der Waals surface area (Å²) in [6, 6.07) is 0. The van der Waals surface area contributed by atoms with Gasteiger partial charge in [-0.1, -0.05) is 11.6 Å². The number of rotatable bonds is 0. The van der Waals surface area contributed by atoms with Crippen LogP contribution >= 0.6 is 11.6 Å². The largest absolute Gasteiger partial charge is 0.390 e. The maximum absolute atomic E-state index is 7.31. The molecule has 1 heterocycles. The van der Waals surface area contributed by atoms with E-state index in [0.29, 0.717) is 5.31 Å². The van der Waals surface area contributed by atoms with Crippen molar-refractivity contribution >= 4 is 11.6 Å². The Morgan fingerprint density at radius 2 is 3.00 bits per heavy atom. The van der Waals surface area contributed by atoms with Crippen LogP contribution in [0.3, 0.4) is 0 Å². The van der Waals surface area contributed by atoms with Crippen molar-refractivity contribution in [3.05, 3.63) is 11.2 Å². The van der Waals surface area contributed by atoms with E-state index in [9.17, 15) is 0 Å². The second-order valence-electron chi connectivity index (χ2n) is 1.04. The molecule has 0 aromatic rings. The summed E-state index contributed by atoms with van der Waals surface area (Å²) in [4.78, 5) is 0. The minimum absolute atomic E-state index is 0.171. The van der Waals surface area contributed by atoms with Crippen LogP contribution in [-0.2, 0) is 0 Å². The van der Waals surface area contributed by atoms with Crippen LogP contribution in [0.2, 0.25) is 1.41 Å². The van der Waals surface area contributed by atoms with Crippen molar-refractivity contribution in [2.75, 3.05) is 6.50 Å². The minimum atomic E-state index is -2.53. The van der Waals surface area contributed by atoms with Crippen LogP contribution in [0.1, 0.15) is 19.6 Å². The van der Waals surface area contributed by atoms with Gasteiger partial charge in [0.2, 0.25) is 0 Å². The molecule has 1 aliphatic heterocycles. The van der Waals surface area contributed by atoms with E-state index in [4.69, 9.17) is 19.9 Å². The third-order valence-electron chi connectivity index (χ3n) is 0.527. The lowest BCUT2D eigenvalue weighted by atomic mass is 10.2. The van der Waals surface area contributed by atoms with E-state index in [-0.39, 0.29) is 5.03 Å². The first kappa shape index (κ1) is 1.41. The van der Waals surface area contributed by atoms with Gasteiger partial charge >= 0.3 is 0 Å². The van der Waals surface area contributed by atoms with Crippen LogP contribution in [0.4, 0.5) is 0 Å². The van der Waals surface area contributed by atoms with Gasteiger partial charge in [0.15, 0.2) is 1.41 Å². The van der Waals surface area contributed by atoms with Crippen LogP contribution in [0.25, 0.3) is 0 Å². The second kappa shape index (κ2) is 2.22. The molecule has 0 saturated carbocycles. The Bertz CT molecular complexity index is 251. The van der Waals surface area contributed by atoms with E-state index in [2.05, 4.69) is 0 Å². The molecule has 1 unspecified atom stereocenters. The highest BCUT2D eigenvalue weighted by Crippen LogP contribution is 2.10. The monoisotopic (exact) mass is 123 g/mol. The molecular weight excluding hydrogens is 110 g/mol. The van der Waals surface area contributed by atoms with Gasteiger partial charge in [0.05, 0.1) is 0 Å². The number of allylic oxidation sites excluding steroid dienone is 1. The summed E-state index contributed by atoms with van der Waals surface area (Å²) in [6.07, 6.45) is -3.05. The van der Waals surface area contributed by atoms with Crippen molar-refractivity contribution < 1.29 is 8.27 Å². The van der Waals surface area contributed by atoms with Gasteiger partial charge in [0.1, 0.15) is 0 Å². The van der Waals surface area contributed by atoms with Crippen molar-refractivity contribution in [3.63, 3.8) is 0 Å². The van der Waals surface area contributed by atoms with Crippen molar-refractivity contribution in [1.29, 1.82) is 0 Å². The van der Waals surface area contributed by atoms with Crippen LogP contribution < -0.4 is 5.31 Å². The Morgan fingerprint density at radius 3 is 3.86 bits per heavy atom. The van der Waals surface area contributed by atoms with E-state index >= 15 is 0 Å². The lowest BCUT2D eigenvalue weighted by Crippen LogP contribution is -2.11. The van der Waals surface area contributed by atoms with Gasteiger partial charge in [-0.05, 0) is 12.8 Å². The van der Waals surface area contributed by atoms with Crippen LogP contribution in [-0.4, -0.2) is 6.50 Å². The molecule has 0 bridgehead atoms. The average Bonchev–Trinajstić information content (AvgIpc) is 2.00. The number of nitrogens with one attached hydrogen (secondary N) is 1. The molecule has 40 valence electrons. The number of hydrogen-bond donors (Lipinski definition) is 1. The molecule has 1 nitrogen and oxygen atoms in total. The molecule has 0 spiro atoms. The topological polar surface area (TPSA) is 12.0 Å². The predicted octanol–water partition coefficient (Wildman–Crippen LogP) is 1.45. The van der Waals surface area contributed by atoms with E-state index in [1.54, 1.807) is 0 Å². The SMILES string of the molecule is [2H]C1C(Cl)=CN([2H])C([2H])([2H])C1([2H])[2H]. The molecule has 0 aromatic carbocycles. The fourth-order valence-electron chi connectivity index (χ4n) is 0.270. The lowest BCUT2D eigenvalue weighted by molar-refractivity contribution is 0.719. The van der Waals surface area contributed by atoms with E-state index in [0.717, 1.165) is 6.20 Å². The van der Waals surface area contributed by atoms with Gasteiger partial charge in [-0.25, -0.2) is 0 Å². The molecule has 0 fully saturated rings. The normalized spacial score (nSPS) is 59.3. The maximum Gasteiger partial charge on any atom is 0.159 e. The smallest absolute Gasteiger partial charge is 0.159 e. The van der Waals surface area contributed by atoms with E-state index in [1.807, 2.05) is 0 Å². The molecule has 0 radical (unpaired) electrons. The van der Waals surface area contributed by atoms with Crippen molar-refractivity contribution in [1.82, 2.24) is 5.31 Å². The average molecular weight is 124 g/mol. The zero-order chi connectivity index (χ0) is 10.4. The molecular formula is C5H8ClN. The predicted molar refractivity (Wildman–Crippen MR) is 31.2 cm³/mol. The van der Waals surface area contributed by atoms with Crippen LogP contribution in [0.5, 0.6) is 0 Å². The van der Waals surface area contributed by atoms with Crippen molar-refractivity contribution in [2.45, 2.75) is 12.8 Å². The second-order valence-corrected chi connectivity index (χ2v) is 1.48. The molecule has 1 rings (SSSR count). The molecule has 2 heteroatoms. The highest BCUT2D eigenvalue weighted by molar-refractivity contribution is 6.29. The van der Waals surface area contributed by atoms with Gasteiger partial charge in [0.25, 0.3) is 0 Å². The van der Waals surface area contributed by atoms with Gasteiger partial charge in [0, 0.05) is 24.6 Å². The first-order valence-electron chi connectivity index (χ1n) is 4.81. The molecule has 0 aliphatic carbocycles. The Balaban J connectivity index is 3.18. The molecule has 1 aliphatic rings. The van der Waals surface area contributed by atoms with Gasteiger partial charge in [-0.3, -0.25) is 0 Å². The maximum atomic E-state index is 7.31. The van der Waals surface area contributed by atoms with E-state index in [1.165, 1.54) is 0 Å². The Morgan fingerprint density at radius 1 is 2.14 bits per heavy atom. The molecule has 0 saturated heterocycles. The summed E-state index contributed by atoms with van der Waals surface area (Å²) in [5.74, 6) is 0. The highest BCUT2D eigenvalue weighted by Gasteiger charge is 1.96. The standard InChI is InChI=1S/C5H8ClN/c6-5-2-1-3-7-4-5/h4,7H,1-3H2/i1D2,2D,3D2/hD.